The first-order valence-corrected chi connectivity index (χ1v) is 14.1. The van der Waals surface area contributed by atoms with Crippen LogP contribution >= 0.6 is 23.2 Å². The summed E-state index contributed by atoms with van der Waals surface area (Å²) in [5, 5.41) is 2.98. The number of hydrogen-bond donors (Lipinski definition) is 1. The van der Waals surface area contributed by atoms with E-state index in [1.807, 2.05) is 0 Å². The summed E-state index contributed by atoms with van der Waals surface area (Å²) in [6, 6.07) is 12.8. The largest absolute Gasteiger partial charge is 0.416 e. The van der Waals surface area contributed by atoms with Crippen LogP contribution in [-0.4, -0.2) is 44.8 Å². The predicted molar refractivity (Wildman–Crippen MR) is 148 cm³/mol. The highest BCUT2D eigenvalue weighted by atomic mass is 35.5. The second kappa shape index (κ2) is 12.5. The van der Waals surface area contributed by atoms with Crippen molar-refractivity contribution in [3.63, 3.8) is 0 Å². The van der Waals surface area contributed by atoms with Crippen LogP contribution in [0.4, 0.5) is 18.9 Å². The maximum absolute atomic E-state index is 13.7. The number of benzene rings is 3. The maximum atomic E-state index is 13.7. The third-order valence-corrected chi connectivity index (χ3v) is 8.49. The summed E-state index contributed by atoms with van der Waals surface area (Å²) in [5.74, 6) is -1.40. The summed E-state index contributed by atoms with van der Waals surface area (Å²) < 4.78 is 68.6. The van der Waals surface area contributed by atoms with Gasteiger partial charge in [0.2, 0.25) is 11.8 Å². The van der Waals surface area contributed by atoms with Gasteiger partial charge in [0, 0.05) is 23.6 Å². The van der Waals surface area contributed by atoms with Crippen molar-refractivity contribution in [1.82, 2.24) is 10.2 Å². The molecule has 0 aliphatic heterocycles. The molecule has 2 amide bonds. The van der Waals surface area contributed by atoms with Crippen molar-refractivity contribution in [2.75, 3.05) is 17.9 Å². The summed E-state index contributed by atoms with van der Waals surface area (Å²) in [6.45, 7) is 2.07. The smallest absolute Gasteiger partial charge is 0.357 e. The van der Waals surface area contributed by atoms with Crippen molar-refractivity contribution in [2.24, 2.45) is 0 Å². The summed E-state index contributed by atoms with van der Waals surface area (Å²) in [7, 11) is -3.16. The van der Waals surface area contributed by atoms with Crippen LogP contribution in [-0.2, 0) is 32.3 Å². The van der Waals surface area contributed by atoms with Crippen LogP contribution < -0.4 is 9.62 Å². The van der Waals surface area contributed by atoms with Crippen molar-refractivity contribution >= 4 is 50.7 Å². The second-order valence-electron chi connectivity index (χ2n) is 8.92. The average Bonchev–Trinajstić information content (AvgIpc) is 2.90. The van der Waals surface area contributed by atoms with Crippen LogP contribution in [0.15, 0.2) is 71.6 Å². The molecule has 0 heterocycles. The zero-order chi connectivity index (χ0) is 29.8. The fraction of sp³-hybridized carbons (Fsp3) is 0.259. The Kier molecular flexibility index (Phi) is 9.76. The molecule has 7 nitrogen and oxygen atoms in total. The molecule has 3 aromatic carbocycles. The minimum absolute atomic E-state index is 0.204. The highest BCUT2D eigenvalue weighted by Crippen LogP contribution is 2.33. The fourth-order valence-electron chi connectivity index (χ4n) is 3.83. The quantitative estimate of drug-likeness (QED) is 0.335. The van der Waals surface area contributed by atoms with Crippen LogP contribution in [0.25, 0.3) is 0 Å². The number of nitrogens with one attached hydrogen (secondary N) is 1. The van der Waals surface area contributed by atoms with Crippen molar-refractivity contribution in [3.8, 4) is 0 Å². The minimum Gasteiger partial charge on any atom is -0.357 e. The molecule has 0 radical (unpaired) electrons. The van der Waals surface area contributed by atoms with Crippen LogP contribution in [0.1, 0.15) is 23.6 Å². The Labute approximate surface area is 240 Å². The number of alkyl halides is 3. The topological polar surface area (TPSA) is 86.8 Å². The molecule has 0 fully saturated rings. The van der Waals surface area contributed by atoms with E-state index in [0.717, 1.165) is 28.7 Å². The normalized spacial score (nSPS) is 12.5. The van der Waals surface area contributed by atoms with E-state index in [-0.39, 0.29) is 22.2 Å². The van der Waals surface area contributed by atoms with Gasteiger partial charge >= 0.3 is 6.18 Å². The second-order valence-corrected chi connectivity index (χ2v) is 11.6. The zero-order valence-electron chi connectivity index (χ0n) is 21.7. The molecule has 1 N–H and O–H groups in total. The van der Waals surface area contributed by atoms with E-state index in [1.54, 1.807) is 13.0 Å². The molecule has 3 aromatic rings. The van der Waals surface area contributed by atoms with E-state index in [4.69, 9.17) is 23.2 Å². The van der Waals surface area contributed by atoms with E-state index in [2.05, 4.69) is 5.32 Å². The van der Waals surface area contributed by atoms with Gasteiger partial charge in [-0.3, -0.25) is 13.9 Å². The molecule has 214 valence electrons. The van der Waals surface area contributed by atoms with E-state index >= 15 is 0 Å². The molecule has 0 aromatic heterocycles. The van der Waals surface area contributed by atoms with Crippen molar-refractivity contribution in [3.05, 3.63) is 93.5 Å². The summed E-state index contributed by atoms with van der Waals surface area (Å²) in [5.41, 5.74) is -0.292. The maximum Gasteiger partial charge on any atom is 0.416 e. The molecule has 0 spiro atoms. The van der Waals surface area contributed by atoms with E-state index < -0.39 is 46.2 Å². The summed E-state index contributed by atoms with van der Waals surface area (Å²) in [6.07, 6.45) is -4.76. The monoisotopic (exact) mass is 615 g/mol. The molecule has 40 heavy (non-hydrogen) atoms. The highest BCUT2D eigenvalue weighted by Gasteiger charge is 2.35. The van der Waals surface area contributed by atoms with E-state index in [0.29, 0.717) is 21.0 Å². The van der Waals surface area contributed by atoms with Crippen molar-refractivity contribution < 1.29 is 31.2 Å². The van der Waals surface area contributed by atoms with Gasteiger partial charge in [-0.05, 0) is 61.9 Å². The Morgan fingerprint density at radius 2 is 1.65 bits per heavy atom. The van der Waals surface area contributed by atoms with E-state index in [9.17, 15) is 31.2 Å². The fourth-order valence-corrected chi connectivity index (χ4v) is 5.70. The van der Waals surface area contributed by atoms with Gasteiger partial charge in [0.05, 0.1) is 16.1 Å². The van der Waals surface area contributed by atoms with E-state index in [1.165, 1.54) is 50.4 Å². The molecule has 0 saturated heterocycles. The standard InChI is InChI=1S/C27H26Cl2F3N3O4S/c1-17-7-11-23(12-8-17)40(38,39)35(22-6-4-5-20(13-22)27(30,31)32)16-25(36)34(18(2)26(37)33-3)15-19-9-10-21(28)14-24(19)29/h4-14,18H,15-16H2,1-3H3,(H,33,37)/t18-/m0/s1. The van der Waals surface area contributed by atoms with Crippen LogP contribution in [0.3, 0.4) is 0 Å². The first-order chi connectivity index (χ1) is 18.6. The Hall–Kier alpha value is -3.28. The number of halogens is 5. The lowest BCUT2D eigenvalue weighted by atomic mass is 10.1. The Morgan fingerprint density at radius 3 is 2.23 bits per heavy atom. The Morgan fingerprint density at radius 1 is 1.00 bits per heavy atom. The minimum atomic E-state index is -4.76. The van der Waals surface area contributed by atoms with Gasteiger partial charge in [-0.2, -0.15) is 13.2 Å². The van der Waals surface area contributed by atoms with Gasteiger partial charge in [0.15, 0.2) is 0 Å². The van der Waals surface area contributed by atoms with Crippen LogP contribution in [0.5, 0.6) is 0 Å². The Balaban J connectivity index is 2.11. The van der Waals surface area contributed by atoms with Crippen LogP contribution in [0.2, 0.25) is 10.0 Å². The average molecular weight is 616 g/mol. The first kappa shape index (κ1) is 31.3. The molecule has 0 aliphatic rings. The third-order valence-electron chi connectivity index (χ3n) is 6.12. The third kappa shape index (κ3) is 7.26. The molecule has 0 saturated carbocycles. The van der Waals surface area contributed by atoms with Crippen molar-refractivity contribution in [1.29, 1.82) is 0 Å². The van der Waals surface area contributed by atoms with Gasteiger partial charge in [-0.15, -0.1) is 0 Å². The molecule has 0 bridgehead atoms. The molecule has 13 heteroatoms. The van der Waals surface area contributed by atoms with Gasteiger partial charge < -0.3 is 10.2 Å². The van der Waals surface area contributed by atoms with Gasteiger partial charge in [0.25, 0.3) is 10.0 Å². The van der Waals surface area contributed by atoms with Crippen molar-refractivity contribution in [2.45, 2.75) is 37.5 Å². The lowest BCUT2D eigenvalue weighted by molar-refractivity contribution is -0.139. The number of nitrogens with zero attached hydrogens (tertiary/aromatic N) is 2. The number of carbonyl (C=O) groups is 2. The number of sulfonamides is 1. The number of hydrogen-bond acceptors (Lipinski definition) is 4. The number of anilines is 1. The lowest BCUT2D eigenvalue weighted by Gasteiger charge is -2.32. The molecule has 3 rings (SSSR count). The SMILES string of the molecule is CNC(=O)[C@H](C)N(Cc1ccc(Cl)cc1Cl)C(=O)CN(c1cccc(C(F)(F)F)c1)S(=O)(=O)c1ccc(C)cc1. The predicted octanol–water partition coefficient (Wildman–Crippen LogP) is 5.68. The zero-order valence-corrected chi connectivity index (χ0v) is 24.0. The molecular formula is C27H26Cl2F3N3O4S. The van der Waals surface area contributed by atoms with Gasteiger partial charge in [-0.25, -0.2) is 8.42 Å². The molecule has 0 aliphatic carbocycles. The molecule has 1 atom stereocenters. The number of rotatable bonds is 9. The van der Waals surface area contributed by atoms with Crippen LogP contribution in [0, 0.1) is 6.92 Å². The number of likely N-dealkylation sites (N-methyl/N-ethyl adjacent to an activating group) is 1. The first-order valence-electron chi connectivity index (χ1n) is 11.9. The highest BCUT2D eigenvalue weighted by molar-refractivity contribution is 7.92. The summed E-state index contributed by atoms with van der Waals surface area (Å²) >= 11 is 12.3. The lowest BCUT2D eigenvalue weighted by Crippen LogP contribution is -2.50. The number of amides is 2. The number of aryl methyl sites for hydroxylation is 1. The molecular weight excluding hydrogens is 590 g/mol. The number of carbonyl (C=O) groups excluding carboxylic acids is 2. The summed E-state index contributed by atoms with van der Waals surface area (Å²) in [4.78, 5) is 27.1. The molecule has 0 unspecified atom stereocenters. The van der Waals surface area contributed by atoms with Gasteiger partial charge in [0.1, 0.15) is 12.6 Å². The van der Waals surface area contributed by atoms with Gasteiger partial charge in [-0.1, -0.05) is 53.0 Å². The Bertz CT molecular complexity index is 1500.